The Balaban J connectivity index is 1.35. The first kappa shape index (κ1) is 20.9. The molecule has 0 unspecified atom stereocenters. The maximum absolute atomic E-state index is 12.9. The number of carbonyl (C=O) groups excluding carboxylic acids is 1. The highest BCUT2D eigenvalue weighted by Gasteiger charge is 2.13. The van der Waals surface area contributed by atoms with Crippen LogP contribution in [0.5, 0.6) is 5.75 Å². The van der Waals surface area contributed by atoms with E-state index in [4.69, 9.17) is 27.9 Å². The van der Waals surface area contributed by atoms with Crippen molar-refractivity contribution in [1.29, 1.82) is 0 Å². The second kappa shape index (κ2) is 9.20. The Morgan fingerprint density at radius 3 is 2.42 bits per heavy atom. The molecule has 0 aliphatic heterocycles. The van der Waals surface area contributed by atoms with Gasteiger partial charge in [0, 0.05) is 34.1 Å². The third-order valence-electron chi connectivity index (χ3n) is 4.31. The lowest BCUT2D eigenvalue weighted by atomic mass is 10.2. The van der Waals surface area contributed by atoms with E-state index in [2.05, 4.69) is 15.5 Å². The van der Waals surface area contributed by atoms with Crippen molar-refractivity contribution >= 4 is 34.9 Å². The zero-order valence-corrected chi connectivity index (χ0v) is 17.5. The summed E-state index contributed by atoms with van der Waals surface area (Å²) in [4.78, 5) is 12.5. The first-order valence-electron chi connectivity index (χ1n) is 9.17. The molecule has 0 aliphatic rings. The van der Waals surface area contributed by atoms with Gasteiger partial charge in [-0.25, -0.2) is 9.07 Å². The Bertz CT molecular complexity index is 1190. The molecule has 2 heterocycles. The van der Waals surface area contributed by atoms with E-state index in [1.54, 1.807) is 47.4 Å². The van der Waals surface area contributed by atoms with Gasteiger partial charge in [0.05, 0.1) is 6.54 Å². The maximum Gasteiger partial charge on any atom is 0.277 e. The van der Waals surface area contributed by atoms with Crippen LogP contribution in [0.25, 0.3) is 0 Å². The van der Waals surface area contributed by atoms with Gasteiger partial charge in [0.1, 0.15) is 11.6 Å². The van der Waals surface area contributed by atoms with Crippen molar-refractivity contribution in [3.05, 3.63) is 94.1 Å². The summed E-state index contributed by atoms with van der Waals surface area (Å²) in [7, 11) is 0. The van der Waals surface area contributed by atoms with Crippen molar-refractivity contribution in [2.24, 2.45) is 0 Å². The van der Waals surface area contributed by atoms with Gasteiger partial charge in [-0.15, -0.1) is 0 Å². The van der Waals surface area contributed by atoms with Gasteiger partial charge in [0.25, 0.3) is 5.91 Å². The first-order chi connectivity index (χ1) is 15.0. The SMILES string of the molecule is O=C(Nc1ccn(Cc2c(Cl)cccc2Cl)n1)c1ccn(COc2ccc(F)cc2)n1. The minimum atomic E-state index is -0.415. The normalized spacial score (nSPS) is 10.8. The number of carbonyl (C=O) groups is 1. The second-order valence-corrected chi connectivity index (χ2v) is 7.34. The fourth-order valence-corrected chi connectivity index (χ4v) is 3.29. The summed E-state index contributed by atoms with van der Waals surface area (Å²) in [5, 5.41) is 12.3. The molecule has 1 N–H and O–H groups in total. The highest BCUT2D eigenvalue weighted by atomic mass is 35.5. The van der Waals surface area contributed by atoms with E-state index in [0.29, 0.717) is 28.2 Å². The van der Waals surface area contributed by atoms with E-state index in [9.17, 15) is 9.18 Å². The van der Waals surface area contributed by atoms with Crippen LogP contribution in [0.1, 0.15) is 16.1 Å². The van der Waals surface area contributed by atoms with E-state index in [1.807, 2.05) is 0 Å². The van der Waals surface area contributed by atoms with Gasteiger partial charge in [0.2, 0.25) is 0 Å². The van der Waals surface area contributed by atoms with Crippen molar-refractivity contribution in [2.75, 3.05) is 5.32 Å². The van der Waals surface area contributed by atoms with Gasteiger partial charge in [-0.3, -0.25) is 9.48 Å². The van der Waals surface area contributed by atoms with Crippen molar-refractivity contribution in [2.45, 2.75) is 13.3 Å². The molecule has 0 saturated heterocycles. The molecule has 10 heteroatoms. The Labute approximate surface area is 187 Å². The molecule has 0 bridgehead atoms. The van der Waals surface area contributed by atoms with Crippen molar-refractivity contribution in [1.82, 2.24) is 19.6 Å². The minimum Gasteiger partial charge on any atom is -0.471 e. The van der Waals surface area contributed by atoms with Crippen LogP contribution < -0.4 is 10.1 Å². The standard InChI is InChI=1S/C21H16Cl2FN5O2/c22-17-2-1-3-18(23)16(17)12-28-11-9-20(27-28)25-21(30)19-8-10-29(26-19)13-31-15-6-4-14(24)5-7-15/h1-11H,12-13H2,(H,25,27,30). The third-order valence-corrected chi connectivity index (χ3v) is 5.02. The zero-order valence-electron chi connectivity index (χ0n) is 16.0. The molecule has 2 aromatic carbocycles. The smallest absolute Gasteiger partial charge is 0.277 e. The van der Waals surface area contributed by atoms with Crippen LogP contribution in [-0.4, -0.2) is 25.5 Å². The summed E-state index contributed by atoms with van der Waals surface area (Å²) >= 11 is 12.4. The lowest BCUT2D eigenvalue weighted by Gasteiger charge is -2.07. The fourth-order valence-electron chi connectivity index (χ4n) is 2.77. The molecule has 7 nitrogen and oxygen atoms in total. The lowest BCUT2D eigenvalue weighted by Crippen LogP contribution is -2.15. The maximum atomic E-state index is 12.9. The number of benzene rings is 2. The number of aromatic nitrogens is 4. The van der Waals surface area contributed by atoms with Crippen molar-refractivity contribution in [3.8, 4) is 5.75 Å². The Kier molecular flexibility index (Phi) is 6.20. The van der Waals surface area contributed by atoms with E-state index in [0.717, 1.165) is 5.56 Å². The van der Waals surface area contributed by atoms with Gasteiger partial charge >= 0.3 is 0 Å². The zero-order chi connectivity index (χ0) is 21.8. The average molecular weight is 460 g/mol. The van der Waals surface area contributed by atoms with Crippen LogP contribution in [0, 0.1) is 5.82 Å². The molecule has 0 fully saturated rings. The van der Waals surface area contributed by atoms with Gasteiger partial charge in [0.15, 0.2) is 18.2 Å². The number of nitrogens with zero attached hydrogens (tertiary/aromatic N) is 4. The highest BCUT2D eigenvalue weighted by Crippen LogP contribution is 2.25. The summed E-state index contributed by atoms with van der Waals surface area (Å²) < 4.78 is 21.5. The summed E-state index contributed by atoms with van der Waals surface area (Å²) in [6, 6.07) is 14.1. The Hall–Kier alpha value is -3.36. The predicted octanol–water partition coefficient (Wildman–Crippen LogP) is 4.86. The third kappa shape index (κ3) is 5.22. The summed E-state index contributed by atoms with van der Waals surface area (Å²) in [5.41, 5.74) is 0.943. The summed E-state index contributed by atoms with van der Waals surface area (Å²) in [6.07, 6.45) is 3.32. The fraction of sp³-hybridized carbons (Fsp3) is 0.0952. The van der Waals surface area contributed by atoms with E-state index < -0.39 is 5.91 Å². The number of anilines is 1. The van der Waals surface area contributed by atoms with Gasteiger partial charge in [-0.1, -0.05) is 29.3 Å². The van der Waals surface area contributed by atoms with Gasteiger partial charge in [-0.2, -0.15) is 10.2 Å². The van der Waals surface area contributed by atoms with Crippen LogP contribution >= 0.6 is 23.2 Å². The molecule has 158 valence electrons. The largest absolute Gasteiger partial charge is 0.471 e. The van der Waals surface area contributed by atoms with Crippen molar-refractivity contribution in [3.63, 3.8) is 0 Å². The van der Waals surface area contributed by atoms with Crippen LogP contribution in [0.3, 0.4) is 0 Å². The average Bonchev–Trinajstić information content (AvgIpc) is 3.40. The molecule has 0 spiro atoms. The number of nitrogens with one attached hydrogen (secondary N) is 1. The highest BCUT2D eigenvalue weighted by molar-refractivity contribution is 6.35. The van der Waals surface area contributed by atoms with E-state index >= 15 is 0 Å². The number of rotatable bonds is 7. The second-order valence-electron chi connectivity index (χ2n) is 6.52. The number of hydrogen-bond donors (Lipinski definition) is 1. The minimum absolute atomic E-state index is 0.0755. The molecular weight excluding hydrogens is 444 g/mol. The molecule has 0 radical (unpaired) electrons. The van der Waals surface area contributed by atoms with Gasteiger partial charge < -0.3 is 10.1 Å². The summed E-state index contributed by atoms with van der Waals surface area (Å²) in [6.45, 7) is 0.440. The lowest BCUT2D eigenvalue weighted by molar-refractivity contribution is 0.101. The topological polar surface area (TPSA) is 74.0 Å². The first-order valence-corrected chi connectivity index (χ1v) is 9.93. The molecule has 0 atom stereocenters. The monoisotopic (exact) mass is 459 g/mol. The summed E-state index contributed by atoms with van der Waals surface area (Å²) in [5.74, 6) is 0.0988. The number of hydrogen-bond acceptors (Lipinski definition) is 4. The van der Waals surface area contributed by atoms with E-state index in [-0.39, 0.29) is 18.2 Å². The molecule has 2 aromatic heterocycles. The molecule has 31 heavy (non-hydrogen) atoms. The van der Waals surface area contributed by atoms with Crippen LogP contribution in [0.2, 0.25) is 10.0 Å². The van der Waals surface area contributed by atoms with Crippen LogP contribution in [-0.2, 0) is 13.3 Å². The Morgan fingerprint density at radius 2 is 1.68 bits per heavy atom. The van der Waals surface area contributed by atoms with E-state index in [1.165, 1.54) is 28.9 Å². The molecule has 0 aliphatic carbocycles. The van der Waals surface area contributed by atoms with Crippen molar-refractivity contribution < 1.29 is 13.9 Å². The van der Waals surface area contributed by atoms with Crippen LogP contribution in [0.15, 0.2) is 67.0 Å². The number of ether oxygens (including phenoxy) is 1. The Morgan fingerprint density at radius 1 is 0.968 bits per heavy atom. The van der Waals surface area contributed by atoms with Gasteiger partial charge in [-0.05, 0) is 42.5 Å². The predicted molar refractivity (Wildman–Crippen MR) is 115 cm³/mol. The molecule has 4 rings (SSSR count). The number of halogens is 3. The van der Waals surface area contributed by atoms with Crippen LogP contribution in [0.4, 0.5) is 10.2 Å². The molecule has 4 aromatic rings. The quantitative estimate of drug-likeness (QED) is 0.428. The molecular formula is C21H16Cl2FN5O2. The molecule has 1 amide bonds. The molecule has 0 saturated carbocycles. The number of amides is 1.